The van der Waals surface area contributed by atoms with Crippen LogP contribution in [0.25, 0.3) is 0 Å². The van der Waals surface area contributed by atoms with E-state index in [0.717, 1.165) is 38.5 Å². The quantitative estimate of drug-likeness (QED) is 0.879. The van der Waals surface area contributed by atoms with Crippen molar-refractivity contribution in [2.45, 2.75) is 32.4 Å². The molecule has 1 atom stereocenters. The average Bonchev–Trinajstić information content (AvgIpc) is 2.47. The minimum absolute atomic E-state index is 0.146. The summed E-state index contributed by atoms with van der Waals surface area (Å²) in [5.41, 5.74) is 1.24. The molecule has 0 unspecified atom stereocenters. The van der Waals surface area contributed by atoms with E-state index >= 15 is 0 Å². The molecule has 0 aromatic carbocycles. The van der Waals surface area contributed by atoms with Crippen molar-refractivity contribution in [1.82, 2.24) is 15.2 Å². The van der Waals surface area contributed by atoms with Gasteiger partial charge < -0.3 is 10.1 Å². The number of nitrogens with zero attached hydrogens (tertiary/aromatic N) is 2. The van der Waals surface area contributed by atoms with Gasteiger partial charge >= 0.3 is 0 Å². The van der Waals surface area contributed by atoms with Crippen LogP contribution in [0.3, 0.4) is 0 Å². The first-order valence-corrected chi connectivity index (χ1v) is 7.07. The van der Waals surface area contributed by atoms with Crippen LogP contribution in [0.15, 0.2) is 24.4 Å². The molecule has 0 radical (unpaired) electrons. The van der Waals surface area contributed by atoms with Gasteiger partial charge in [-0.15, -0.1) is 0 Å². The molecule has 0 saturated carbocycles. The standard InChI is InChI=1S/C15H25N3O/c1-13(14-6-4-5-7-16-14)17-12-15(2,3)18-8-10-19-11-9-18/h4-7,13,17H,8-12H2,1-3H3/t13-/m1/s1. The number of morpholine rings is 1. The van der Waals surface area contributed by atoms with Crippen LogP contribution in [-0.2, 0) is 4.74 Å². The van der Waals surface area contributed by atoms with Crippen molar-refractivity contribution in [1.29, 1.82) is 0 Å². The van der Waals surface area contributed by atoms with Crippen LogP contribution in [0.4, 0.5) is 0 Å². The van der Waals surface area contributed by atoms with E-state index in [1.807, 2.05) is 18.3 Å². The molecule has 1 saturated heterocycles. The average molecular weight is 263 g/mol. The molecule has 106 valence electrons. The van der Waals surface area contributed by atoms with Gasteiger partial charge in [-0.2, -0.15) is 0 Å². The fourth-order valence-electron chi connectivity index (χ4n) is 2.42. The molecule has 2 rings (SSSR count). The van der Waals surface area contributed by atoms with E-state index in [0.29, 0.717) is 0 Å². The highest BCUT2D eigenvalue weighted by Gasteiger charge is 2.28. The predicted molar refractivity (Wildman–Crippen MR) is 77.1 cm³/mol. The van der Waals surface area contributed by atoms with Crippen molar-refractivity contribution in [3.05, 3.63) is 30.1 Å². The third-order valence-electron chi connectivity index (χ3n) is 3.84. The fourth-order valence-corrected chi connectivity index (χ4v) is 2.42. The van der Waals surface area contributed by atoms with Gasteiger partial charge in [0.1, 0.15) is 0 Å². The predicted octanol–water partition coefficient (Wildman–Crippen LogP) is 1.84. The van der Waals surface area contributed by atoms with Gasteiger partial charge in [-0.25, -0.2) is 0 Å². The zero-order valence-corrected chi connectivity index (χ0v) is 12.2. The summed E-state index contributed by atoms with van der Waals surface area (Å²) >= 11 is 0. The van der Waals surface area contributed by atoms with E-state index in [1.54, 1.807) is 0 Å². The summed E-state index contributed by atoms with van der Waals surface area (Å²) < 4.78 is 5.42. The molecule has 2 heterocycles. The largest absolute Gasteiger partial charge is 0.379 e. The molecule has 4 heteroatoms. The van der Waals surface area contributed by atoms with E-state index in [4.69, 9.17) is 4.74 Å². The highest BCUT2D eigenvalue weighted by molar-refractivity contribution is 5.07. The Bertz CT molecular complexity index is 374. The van der Waals surface area contributed by atoms with E-state index in [2.05, 4.69) is 42.0 Å². The number of aromatic nitrogens is 1. The lowest BCUT2D eigenvalue weighted by Crippen LogP contribution is -2.54. The lowest BCUT2D eigenvalue weighted by molar-refractivity contribution is -0.0102. The Morgan fingerprint density at radius 2 is 2.11 bits per heavy atom. The number of nitrogens with one attached hydrogen (secondary N) is 1. The molecule has 1 aliphatic heterocycles. The highest BCUT2D eigenvalue weighted by atomic mass is 16.5. The van der Waals surface area contributed by atoms with Gasteiger partial charge in [0, 0.05) is 37.4 Å². The molecule has 19 heavy (non-hydrogen) atoms. The maximum absolute atomic E-state index is 5.42. The van der Waals surface area contributed by atoms with Gasteiger partial charge in [-0.3, -0.25) is 9.88 Å². The molecule has 0 bridgehead atoms. The molecule has 1 aromatic rings. The van der Waals surface area contributed by atoms with Gasteiger partial charge in [-0.05, 0) is 32.9 Å². The summed E-state index contributed by atoms with van der Waals surface area (Å²) in [5.74, 6) is 0. The topological polar surface area (TPSA) is 37.4 Å². The molecule has 0 amide bonds. The molecule has 1 aliphatic rings. The van der Waals surface area contributed by atoms with Crippen molar-refractivity contribution >= 4 is 0 Å². The van der Waals surface area contributed by atoms with Gasteiger partial charge in [0.25, 0.3) is 0 Å². The van der Waals surface area contributed by atoms with Crippen molar-refractivity contribution < 1.29 is 4.74 Å². The number of ether oxygens (including phenoxy) is 1. The monoisotopic (exact) mass is 263 g/mol. The van der Waals surface area contributed by atoms with Gasteiger partial charge in [0.2, 0.25) is 0 Å². The second kappa shape index (κ2) is 6.46. The summed E-state index contributed by atoms with van der Waals surface area (Å²) in [6.07, 6.45) is 1.85. The molecule has 1 aromatic heterocycles. The van der Waals surface area contributed by atoms with E-state index in [1.165, 1.54) is 0 Å². The van der Waals surface area contributed by atoms with Crippen LogP contribution in [-0.4, -0.2) is 48.3 Å². The molecule has 1 N–H and O–H groups in total. The summed E-state index contributed by atoms with van der Waals surface area (Å²) in [6, 6.07) is 6.34. The molecular formula is C15H25N3O. The Hall–Kier alpha value is -0.970. The number of hydrogen-bond donors (Lipinski definition) is 1. The first-order valence-electron chi connectivity index (χ1n) is 7.07. The van der Waals surface area contributed by atoms with E-state index in [9.17, 15) is 0 Å². The zero-order valence-electron chi connectivity index (χ0n) is 12.2. The van der Waals surface area contributed by atoms with Crippen molar-refractivity contribution in [2.75, 3.05) is 32.8 Å². The fraction of sp³-hybridized carbons (Fsp3) is 0.667. The number of rotatable bonds is 5. The Balaban J connectivity index is 1.86. The Morgan fingerprint density at radius 3 is 2.74 bits per heavy atom. The Morgan fingerprint density at radius 1 is 1.37 bits per heavy atom. The Labute approximate surface area is 116 Å². The van der Waals surface area contributed by atoms with Crippen LogP contribution in [0.5, 0.6) is 0 Å². The van der Waals surface area contributed by atoms with Crippen LogP contribution in [0.2, 0.25) is 0 Å². The minimum atomic E-state index is 0.146. The van der Waals surface area contributed by atoms with Gasteiger partial charge in [-0.1, -0.05) is 6.07 Å². The Kier molecular flexibility index (Phi) is 4.91. The molecule has 4 nitrogen and oxygen atoms in total. The third-order valence-corrected chi connectivity index (χ3v) is 3.84. The smallest absolute Gasteiger partial charge is 0.0594 e. The minimum Gasteiger partial charge on any atom is -0.379 e. The lowest BCUT2D eigenvalue weighted by atomic mass is 10.0. The highest BCUT2D eigenvalue weighted by Crippen LogP contribution is 2.17. The van der Waals surface area contributed by atoms with Gasteiger partial charge in [0.05, 0.1) is 18.9 Å². The molecule has 0 spiro atoms. The van der Waals surface area contributed by atoms with Gasteiger partial charge in [0.15, 0.2) is 0 Å². The molecule has 1 fully saturated rings. The second-order valence-corrected chi connectivity index (χ2v) is 5.77. The van der Waals surface area contributed by atoms with Crippen LogP contribution < -0.4 is 5.32 Å². The normalized spacial score (nSPS) is 19.3. The summed E-state index contributed by atoms with van der Waals surface area (Å²) in [6.45, 7) is 11.4. The lowest BCUT2D eigenvalue weighted by Gasteiger charge is -2.41. The van der Waals surface area contributed by atoms with Crippen molar-refractivity contribution in [3.63, 3.8) is 0 Å². The summed E-state index contributed by atoms with van der Waals surface area (Å²) in [5, 5.41) is 3.59. The SMILES string of the molecule is C[C@@H](NCC(C)(C)N1CCOCC1)c1ccccn1. The van der Waals surface area contributed by atoms with Crippen molar-refractivity contribution in [2.24, 2.45) is 0 Å². The molecule has 0 aliphatic carbocycles. The third kappa shape index (κ3) is 4.00. The first-order chi connectivity index (χ1) is 9.09. The maximum atomic E-state index is 5.42. The second-order valence-electron chi connectivity index (χ2n) is 5.77. The first kappa shape index (κ1) is 14.4. The van der Waals surface area contributed by atoms with Crippen molar-refractivity contribution in [3.8, 4) is 0 Å². The number of pyridine rings is 1. The van der Waals surface area contributed by atoms with Crippen LogP contribution in [0, 0.1) is 0 Å². The molecular weight excluding hydrogens is 238 g/mol. The number of hydrogen-bond acceptors (Lipinski definition) is 4. The van der Waals surface area contributed by atoms with E-state index in [-0.39, 0.29) is 11.6 Å². The zero-order chi connectivity index (χ0) is 13.7. The summed E-state index contributed by atoms with van der Waals surface area (Å²) in [4.78, 5) is 6.89. The van der Waals surface area contributed by atoms with Crippen LogP contribution >= 0.6 is 0 Å². The van der Waals surface area contributed by atoms with E-state index < -0.39 is 0 Å². The summed E-state index contributed by atoms with van der Waals surface area (Å²) in [7, 11) is 0. The maximum Gasteiger partial charge on any atom is 0.0594 e. The van der Waals surface area contributed by atoms with Crippen LogP contribution in [0.1, 0.15) is 32.5 Å².